The molecule has 0 aliphatic carbocycles. The topological polar surface area (TPSA) is 73.2 Å². The van der Waals surface area contributed by atoms with Crippen LogP contribution in [0.15, 0.2) is 29.1 Å². The van der Waals surface area contributed by atoms with Crippen LogP contribution in [0.5, 0.6) is 5.88 Å². The Balaban J connectivity index is 2.62. The van der Waals surface area contributed by atoms with Gasteiger partial charge in [-0.05, 0) is 26.0 Å². The predicted octanol–water partition coefficient (Wildman–Crippen LogP) is 1.66. The van der Waals surface area contributed by atoms with E-state index in [4.69, 9.17) is 4.74 Å². The fraction of sp³-hybridized carbons (Fsp3) is 0.267. The normalized spacial score (nSPS) is 10.4. The minimum absolute atomic E-state index is 0.0246. The van der Waals surface area contributed by atoms with Crippen LogP contribution in [0.4, 0.5) is 8.78 Å². The number of hydrogen-bond acceptors (Lipinski definition) is 4. The van der Waals surface area contributed by atoms with Crippen LogP contribution in [0.25, 0.3) is 5.69 Å². The van der Waals surface area contributed by atoms with Gasteiger partial charge in [0.1, 0.15) is 0 Å². The van der Waals surface area contributed by atoms with Crippen LogP contribution in [0.2, 0.25) is 0 Å². The van der Waals surface area contributed by atoms with Crippen molar-refractivity contribution in [2.24, 2.45) is 0 Å². The molecule has 0 fully saturated rings. The third kappa shape index (κ3) is 3.53. The Bertz CT molecular complexity index is 790. The molecule has 0 bridgehead atoms. The van der Waals surface area contributed by atoms with E-state index >= 15 is 0 Å². The second-order valence-corrected chi connectivity index (χ2v) is 4.50. The van der Waals surface area contributed by atoms with E-state index in [1.807, 2.05) is 0 Å². The summed E-state index contributed by atoms with van der Waals surface area (Å²) in [5, 5.41) is 6.39. The van der Waals surface area contributed by atoms with Crippen molar-refractivity contribution < 1.29 is 18.3 Å². The zero-order valence-corrected chi connectivity index (χ0v) is 12.6. The molecular formula is C15H15F2N3O3. The van der Waals surface area contributed by atoms with Gasteiger partial charge in [-0.1, -0.05) is 0 Å². The zero-order chi connectivity index (χ0) is 17.0. The first-order chi connectivity index (χ1) is 11.0. The summed E-state index contributed by atoms with van der Waals surface area (Å²) in [5.41, 5.74) is -0.865. The lowest BCUT2D eigenvalue weighted by Gasteiger charge is -2.13. The van der Waals surface area contributed by atoms with Crippen molar-refractivity contribution in [2.45, 2.75) is 13.8 Å². The average molecular weight is 323 g/mol. The van der Waals surface area contributed by atoms with Gasteiger partial charge in [0, 0.05) is 12.6 Å². The Labute approximate surface area is 130 Å². The second kappa shape index (κ2) is 6.99. The number of nitrogens with one attached hydrogen (secondary N) is 1. The van der Waals surface area contributed by atoms with E-state index < -0.39 is 23.0 Å². The Kier molecular flexibility index (Phi) is 5.05. The number of aromatic nitrogens is 2. The van der Waals surface area contributed by atoms with E-state index in [-0.39, 0.29) is 23.9 Å². The number of halogens is 2. The molecule has 2 aromatic rings. The van der Waals surface area contributed by atoms with Crippen LogP contribution in [-0.2, 0) is 0 Å². The van der Waals surface area contributed by atoms with Gasteiger partial charge in [-0.3, -0.25) is 9.59 Å². The summed E-state index contributed by atoms with van der Waals surface area (Å²) in [5.74, 6) is -2.73. The summed E-state index contributed by atoms with van der Waals surface area (Å²) in [4.78, 5) is 23.9. The summed E-state index contributed by atoms with van der Waals surface area (Å²) >= 11 is 0. The highest BCUT2D eigenvalue weighted by atomic mass is 19.2. The Morgan fingerprint density at radius 3 is 2.61 bits per heavy atom. The largest absolute Gasteiger partial charge is 0.478 e. The minimum atomic E-state index is -1.08. The number of ether oxygens (including phenoxy) is 1. The molecule has 23 heavy (non-hydrogen) atoms. The van der Waals surface area contributed by atoms with Crippen molar-refractivity contribution in [3.05, 3.63) is 51.8 Å². The van der Waals surface area contributed by atoms with Crippen molar-refractivity contribution >= 4 is 5.91 Å². The van der Waals surface area contributed by atoms with Gasteiger partial charge in [-0.25, -0.2) is 13.5 Å². The number of hydrogen-bond donors (Lipinski definition) is 1. The maximum Gasteiger partial charge on any atom is 0.275 e. The molecule has 2 rings (SSSR count). The standard InChI is InChI=1S/C15H15F2N3O3/c1-3-18-15(22)14-12(21)8-13(23-4-2)20(19-14)9-5-6-10(16)11(17)7-9/h5-8H,3-4H2,1-2H3,(H,18,22). The van der Waals surface area contributed by atoms with E-state index in [1.54, 1.807) is 13.8 Å². The van der Waals surface area contributed by atoms with Crippen molar-refractivity contribution in [3.63, 3.8) is 0 Å². The molecule has 0 saturated carbocycles. The summed E-state index contributed by atoms with van der Waals surface area (Å²) in [6, 6.07) is 4.17. The molecular weight excluding hydrogens is 308 g/mol. The number of carbonyl (C=O) groups excluding carboxylic acids is 1. The molecule has 122 valence electrons. The highest BCUT2D eigenvalue weighted by Gasteiger charge is 2.17. The average Bonchev–Trinajstić information content (AvgIpc) is 2.51. The first-order valence-corrected chi connectivity index (χ1v) is 6.98. The van der Waals surface area contributed by atoms with Gasteiger partial charge < -0.3 is 10.1 Å². The van der Waals surface area contributed by atoms with Crippen LogP contribution in [0, 0.1) is 11.6 Å². The van der Waals surface area contributed by atoms with Gasteiger partial charge in [0.05, 0.1) is 18.4 Å². The molecule has 0 saturated heterocycles. The maximum absolute atomic E-state index is 13.4. The monoisotopic (exact) mass is 323 g/mol. The number of rotatable bonds is 5. The summed E-state index contributed by atoms with van der Waals surface area (Å²) in [7, 11) is 0. The number of carbonyl (C=O) groups is 1. The second-order valence-electron chi connectivity index (χ2n) is 4.50. The fourth-order valence-electron chi connectivity index (χ4n) is 1.89. The molecule has 0 radical (unpaired) electrons. The number of nitrogens with zero attached hydrogens (tertiary/aromatic N) is 2. The summed E-state index contributed by atoms with van der Waals surface area (Å²) < 4.78 is 32.9. The summed E-state index contributed by atoms with van der Waals surface area (Å²) in [6.07, 6.45) is 0. The van der Waals surface area contributed by atoms with Crippen LogP contribution in [0.3, 0.4) is 0 Å². The highest BCUT2D eigenvalue weighted by molar-refractivity contribution is 5.92. The van der Waals surface area contributed by atoms with E-state index in [2.05, 4.69) is 10.4 Å². The molecule has 1 heterocycles. The van der Waals surface area contributed by atoms with Crippen LogP contribution in [0.1, 0.15) is 24.3 Å². The molecule has 0 atom stereocenters. The molecule has 1 amide bonds. The molecule has 0 spiro atoms. The zero-order valence-electron chi connectivity index (χ0n) is 12.6. The quantitative estimate of drug-likeness (QED) is 0.908. The van der Waals surface area contributed by atoms with Gasteiger partial charge in [0.15, 0.2) is 17.3 Å². The molecule has 1 aromatic carbocycles. The molecule has 6 nitrogen and oxygen atoms in total. The van der Waals surface area contributed by atoms with Crippen LogP contribution >= 0.6 is 0 Å². The lowest BCUT2D eigenvalue weighted by Crippen LogP contribution is -2.31. The van der Waals surface area contributed by atoms with Crippen LogP contribution < -0.4 is 15.5 Å². The van der Waals surface area contributed by atoms with Crippen LogP contribution in [-0.4, -0.2) is 28.8 Å². The Hall–Kier alpha value is -2.77. The SMILES string of the molecule is CCNC(=O)c1nn(-c2ccc(F)c(F)c2)c(OCC)cc1=O. The smallest absolute Gasteiger partial charge is 0.275 e. The van der Waals surface area contributed by atoms with Crippen molar-refractivity contribution in [1.29, 1.82) is 0 Å². The van der Waals surface area contributed by atoms with E-state index in [0.29, 0.717) is 6.54 Å². The van der Waals surface area contributed by atoms with Gasteiger partial charge in [-0.15, -0.1) is 0 Å². The van der Waals surface area contributed by atoms with E-state index in [0.717, 1.165) is 22.9 Å². The van der Waals surface area contributed by atoms with Gasteiger partial charge in [0.2, 0.25) is 11.3 Å². The number of benzene rings is 1. The van der Waals surface area contributed by atoms with Crippen molar-refractivity contribution in [3.8, 4) is 11.6 Å². The molecule has 1 N–H and O–H groups in total. The lowest BCUT2D eigenvalue weighted by atomic mass is 10.3. The fourth-order valence-corrected chi connectivity index (χ4v) is 1.89. The summed E-state index contributed by atoms with van der Waals surface area (Å²) in [6.45, 7) is 3.93. The third-order valence-electron chi connectivity index (χ3n) is 2.89. The van der Waals surface area contributed by atoms with Gasteiger partial charge in [0.25, 0.3) is 5.91 Å². The third-order valence-corrected chi connectivity index (χ3v) is 2.89. The van der Waals surface area contributed by atoms with Crippen molar-refractivity contribution in [1.82, 2.24) is 15.1 Å². The molecule has 0 aliphatic rings. The van der Waals surface area contributed by atoms with E-state index in [1.165, 1.54) is 6.07 Å². The molecule has 0 aliphatic heterocycles. The molecule has 8 heteroatoms. The Morgan fingerprint density at radius 1 is 1.26 bits per heavy atom. The Morgan fingerprint density at radius 2 is 2.00 bits per heavy atom. The molecule has 0 unspecified atom stereocenters. The van der Waals surface area contributed by atoms with Gasteiger partial charge in [-0.2, -0.15) is 5.10 Å². The first-order valence-electron chi connectivity index (χ1n) is 6.98. The molecule has 1 aromatic heterocycles. The first kappa shape index (κ1) is 16.6. The number of amides is 1. The predicted molar refractivity (Wildman–Crippen MR) is 78.9 cm³/mol. The van der Waals surface area contributed by atoms with Crippen molar-refractivity contribution in [2.75, 3.05) is 13.2 Å². The van der Waals surface area contributed by atoms with E-state index in [9.17, 15) is 18.4 Å². The van der Waals surface area contributed by atoms with Gasteiger partial charge >= 0.3 is 0 Å². The maximum atomic E-state index is 13.4. The minimum Gasteiger partial charge on any atom is -0.478 e. The lowest BCUT2D eigenvalue weighted by molar-refractivity contribution is 0.0947. The highest BCUT2D eigenvalue weighted by Crippen LogP contribution is 2.18.